The molecule has 1 unspecified atom stereocenters. The summed E-state index contributed by atoms with van der Waals surface area (Å²) in [6.07, 6.45) is 8.33. The lowest BCUT2D eigenvalue weighted by molar-refractivity contribution is -0.125. The highest BCUT2D eigenvalue weighted by atomic mass is 35.5. The second kappa shape index (κ2) is 15.5. The molecule has 2 aliphatic carbocycles. The molecule has 2 bridgehead atoms. The number of benzene rings is 1. The molecule has 0 aromatic heterocycles. The van der Waals surface area contributed by atoms with Crippen LogP contribution in [0.1, 0.15) is 89.0 Å². The summed E-state index contributed by atoms with van der Waals surface area (Å²) in [5.41, 5.74) is 0.535. The quantitative estimate of drug-likeness (QED) is 0.204. The first-order valence-corrected chi connectivity index (χ1v) is 20.1. The summed E-state index contributed by atoms with van der Waals surface area (Å²) in [5, 5.41) is 10.4. The van der Waals surface area contributed by atoms with E-state index >= 15 is 0 Å². The third-order valence-corrected chi connectivity index (χ3v) is 13.9. The lowest BCUT2D eigenvalue weighted by Gasteiger charge is -2.49. The maximum atomic E-state index is 14.4. The molecule has 2 saturated carbocycles. The van der Waals surface area contributed by atoms with E-state index in [9.17, 15) is 23.5 Å². The van der Waals surface area contributed by atoms with Crippen molar-refractivity contribution in [3.05, 3.63) is 34.9 Å². The average molecular weight is 724 g/mol. The van der Waals surface area contributed by atoms with Gasteiger partial charge in [0.1, 0.15) is 11.6 Å². The molecule has 1 aromatic carbocycles. The predicted octanol–water partition coefficient (Wildman–Crippen LogP) is 5.72. The van der Waals surface area contributed by atoms with Crippen molar-refractivity contribution in [1.82, 2.24) is 25.2 Å². The Labute approximate surface area is 296 Å². The summed E-state index contributed by atoms with van der Waals surface area (Å²) in [6.45, 7) is 4.34. The Morgan fingerprint density at radius 1 is 1.06 bits per heavy atom. The Morgan fingerprint density at radius 2 is 1.80 bits per heavy atom. The first kappa shape index (κ1) is 36.5. The van der Waals surface area contributed by atoms with Crippen molar-refractivity contribution >= 4 is 40.5 Å². The van der Waals surface area contributed by atoms with E-state index in [0.29, 0.717) is 49.3 Å². The number of carbonyl (C=O) groups is 3. The molecule has 3 aliphatic heterocycles. The number of likely N-dealkylation sites (tertiary alicyclic amines) is 1. The monoisotopic (exact) mass is 723 g/mol. The number of ether oxygens (including phenoxy) is 2. The van der Waals surface area contributed by atoms with Gasteiger partial charge in [0.05, 0.1) is 12.9 Å². The van der Waals surface area contributed by atoms with E-state index in [4.69, 9.17) is 21.1 Å². The highest BCUT2D eigenvalue weighted by Gasteiger charge is 2.45. The number of piperidine rings is 1. The van der Waals surface area contributed by atoms with Gasteiger partial charge in [-0.1, -0.05) is 30.2 Å². The number of hydrogen-bond acceptors (Lipinski definition) is 9. The van der Waals surface area contributed by atoms with Gasteiger partial charge in [0, 0.05) is 55.2 Å². The van der Waals surface area contributed by atoms with Crippen LogP contribution in [0, 0.1) is 11.8 Å². The molecule has 3 saturated heterocycles. The topological polar surface area (TPSA) is 153 Å². The van der Waals surface area contributed by atoms with Crippen molar-refractivity contribution in [2.75, 3.05) is 39.0 Å². The number of carbonyl (C=O) groups excluding carboxylic acids is 3. The molecular formula is C35H54ClN5O7S. The lowest BCUT2D eigenvalue weighted by Crippen LogP contribution is -2.56. The smallest absolute Gasteiger partial charge is 0.410 e. The number of halogens is 1. The minimum atomic E-state index is -2.77. The van der Waals surface area contributed by atoms with Crippen molar-refractivity contribution in [3.8, 4) is 0 Å². The van der Waals surface area contributed by atoms with Crippen LogP contribution in [-0.4, -0.2) is 105 Å². The van der Waals surface area contributed by atoms with Gasteiger partial charge >= 0.3 is 12.2 Å². The number of alkyl carbamates (subject to hydrolysis) is 1. The van der Waals surface area contributed by atoms with E-state index in [2.05, 4.69) is 16.0 Å². The molecule has 1 aromatic rings. The van der Waals surface area contributed by atoms with E-state index in [1.54, 1.807) is 17.0 Å². The van der Waals surface area contributed by atoms with Crippen LogP contribution in [0.15, 0.2) is 24.3 Å². The second-order valence-corrected chi connectivity index (χ2v) is 17.6. The van der Waals surface area contributed by atoms with Crippen LogP contribution in [0.4, 0.5) is 9.59 Å². The maximum absolute atomic E-state index is 14.4. The summed E-state index contributed by atoms with van der Waals surface area (Å²) < 4.78 is 34.5. The molecule has 5 aliphatic rings. The number of methoxy groups -OCH3 is 1. The molecule has 3 heterocycles. The molecule has 49 heavy (non-hydrogen) atoms. The number of rotatable bonds is 10. The van der Waals surface area contributed by atoms with Crippen molar-refractivity contribution in [1.29, 1.82) is 0 Å². The largest absolute Gasteiger partial charge is 0.453 e. The highest BCUT2D eigenvalue weighted by molar-refractivity contribution is 8.22. The molecule has 5 fully saturated rings. The third kappa shape index (κ3) is 8.96. The van der Waals surface area contributed by atoms with Crippen molar-refractivity contribution in [3.63, 3.8) is 0 Å². The molecule has 0 radical (unpaired) electrons. The van der Waals surface area contributed by atoms with Crippen molar-refractivity contribution in [2.24, 2.45) is 11.8 Å². The van der Waals surface area contributed by atoms with Crippen LogP contribution in [0.25, 0.3) is 0 Å². The Bertz CT molecular complexity index is 1330. The zero-order chi connectivity index (χ0) is 34.8. The summed E-state index contributed by atoms with van der Waals surface area (Å²) in [7, 11) is -1.48. The van der Waals surface area contributed by atoms with Gasteiger partial charge in [-0.2, -0.15) is 0 Å². The summed E-state index contributed by atoms with van der Waals surface area (Å²) in [4.78, 5) is 41.7. The number of fused-ring (bicyclic) bond motifs is 2. The van der Waals surface area contributed by atoms with Gasteiger partial charge in [0.15, 0.2) is 0 Å². The van der Waals surface area contributed by atoms with Crippen LogP contribution in [0.3, 0.4) is 0 Å². The maximum Gasteiger partial charge on any atom is 0.410 e. The number of nitrogens with one attached hydrogen (secondary N) is 3. The molecule has 3 amide bonds. The first-order chi connectivity index (χ1) is 23.4. The standard InChI is InChI=1S/C35H54ClN5O7S/c1-35(16-17-35)48-34(44)40-18-14-25(15-19-40)30(24-8-11-26(36)12-9-24)31(39-33(43)47-2)32(42)38-29-7-3-5-23(29)10-13-28-21-37-27-6-4-20-49(45,46)41(28)22-27/h8-9,11-12,23,25,27-31,37,45-46H,3-7,10,13-22H2,1-2H3,(H,38,42)(H,39,43)/t23-,27-,28+,29+,30+,31-/m1/s1. The van der Waals surface area contributed by atoms with Crippen LogP contribution in [0.2, 0.25) is 5.02 Å². The van der Waals surface area contributed by atoms with Crippen LogP contribution >= 0.6 is 22.4 Å². The fraction of sp³-hybridized carbons (Fsp3) is 0.743. The normalized spacial score (nSPS) is 31.0. The van der Waals surface area contributed by atoms with Crippen LogP contribution in [0.5, 0.6) is 0 Å². The molecule has 12 nitrogen and oxygen atoms in total. The van der Waals surface area contributed by atoms with E-state index in [1.807, 2.05) is 23.4 Å². The minimum absolute atomic E-state index is 0.00926. The third-order valence-electron chi connectivity index (χ3n) is 11.6. The van der Waals surface area contributed by atoms with Crippen molar-refractivity contribution in [2.45, 2.75) is 113 Å². The van der Waals surface area contributed by atoms with Crippen LogP contribution in [-0.2, 0) is 14.3 Å². The zero-order valence-corrected chi connectivity index (χ0v) is 30.4. The van der Waals surface area contributed by atoms with Gasteiger partial charge in [0.2, 0.25) is 5.91 Å². The van der Waals surface area contributed by atoms with Crippen molar-refractivity contribution < 1.29 is 33.0 Å². The van der Waals surface area contributed by atoms with Gasteiger partial charge in [0.25, 0.3) is 0 Å². The van der Waals surface area contributed by atoms with E-state index < -0.39 is 22.9 Å². The molecule has 7 atom stereocenters. The van der Waals surface area contributed by atoms with Gasteiger partial charge in [-0.25, -0.2) is 13.9 Å². The average Bonchev–Trinajstić information content (AvgIpc) is 3.68. The Kier molecular flexibility index (Phi) is 11.6. The van der Waals surface area contributed by atoms with Crippen LogP contribution < -0.4 is 16.0 Å². The predicted molar refractivity (Wildman–Crippen MR) is 190 cm³/mol. The van der Waals surface area contributed by atoms with E-state index in [0.717, 1.165) is 69.9 Å². The number of amides is 3. The number of hydrogen-bond donors (Lipinski definition) is 5. The van der Waals surface area contributed by atoms with Gasteiger partial charge < -0.3 is 30.3 Å². The Morgan fingerprint density at radius 3 is 2.49 bits per heavy atom. The molecule has 0 spiro atoms. The Balaban J connectivity index is 1.15. The van der Waals surface area contributed by atoms with Gasteiger partial charge in [-0.15, -0.1) is 10.8 Å². The lowest BCUT2D eigenvalue weighted by atomic mass is 9.75. The molecule has 274 valence electrons. The van der Waals surface area contributed by atoms with E-state index in [-0.39, 0.29) is 47.4 Å². The molecular weight excluding hydrogens is 670 g/mol. The Hall–Kier alpha value is -2.29. The summed E-state index contributed by atoms with van der Waals surface area (Å²) in [6, 6.07) is 6.79. The highest BCUT2D eigenvalue weighted by Crippen LogP contribution is 2.49. The fourth-order valence-corrected chi connectivity index (χ4v) is 10.4. The number of piperazine rings is 1. The van der Waals surface area contributed by atoms with Gasteiger partial charge in [-0.3, -0.25) is 13.9 Å². The van der Waals surface area contributed by atoms with Gasteiger partial charge in [-0.05, 0) is 101 Å². The second-order valence-electron chi connectivity index (χ2n) is 15.1. The first-order valence-electron chi connectivity index (χ1n) is 18.1. The fourth-order valence-electron chi connectivity index (χ4n) is 8.45. The van der Waals surface area contributed by atoms with E-state index in [1.165, 1.54) is 7.11 Å². The summed E-state index contributed by atoms with van der Waals surface area (Å²) in [5.74, 6) is 0.0191. The zero-order valence-electron chi connectivity index (χ0n) is 28.8. The summed E-state index contributed by atoms with van der Waals surface area (Å²) >= 11 is 6.27. The molecule has 6 rings (SSSR count). The minimum Gasteiger partial charge on any atom is -0.453 e. The number of nitrogens with zero attached hydrogens (tertiary/aromatic N) is 2. The molecule has 14 heteroatoms. The molecule has 5 N–H and O–H groups in total. The SMILES string of the molecule is COC(=O)N[C@@H](C(=O)N[C@H]1CCC[C@@H]1CC[C@H]1CN[C@@H]2CCCS(O)(O)N1C2)[C@@H](c1ccc(Cl)cc1)C1CCN(C(=O)OC2(C)CC2)CC1.